The van der Waals surface area contributed by atoms with E-state index in [1.807, 2.05) is 27.7 Å². The number of hydrogen-bond donors (Lipinski definition) is 2. The Hall–Kier alpha value is -1.06. The molecule has 94 valence electrons. The van der Waals surface area contributed by atoms with Crippen LogP contribution >= 0.6 is 0 Å². The molecule has 0 saturated heterocycles. The maximum Gasteiger partial charge on any atom is 0.243 e. The molecule has 0 saturated carbocycles. The van der Waals surface area contributed by atoms with Crippen molar-refractivity contribution in [2.75, 3.05) is 0 Å². The first-order chi connectivity index (χ1) is 7.42. The molecule has 0 aliphatic heterocycles. The molecule has 1 atom stereocenters. The first kappa shape index (κ1) is 14.9. The van der Waals surface area contributed by atoms with Gasteiger partial charge in [-0.05, 0) is 18.8 Å². The lowest BCUT2D eigenvalue weighted by atomic mass is 10.0. The van der Waals surface area contributed by atoms with Crippen molar-refractivity contribution < 1.29 is 9.59 Å². The average molecular weight is 228 g/mol. The van der Waals surface area contributed by atoms with Crippen LogP contribution < -0.4 is 10.6 Å². The molecule has 0 rings (SSSR count). The van der Waals surface area contributed by atoms with Crippen molar-refractivity contribution in [1.82, 2.24) is 10.6 Å². The standard InChI is InChI=1S/C12H24N2O2/c1-6-10(7-2)14-12(16)11(8(3)4)13-9(5)15/h8,10-11H,6-7H2,1-5H3,(H,13,15)(H,14,16). The summed E-state index contributed by atoms with van der Waals surface area (Å²) in [6, 6.07) is -0.236. The van der Waals surface area contributed by atoms with E-state index in [0.717, 1.165) is 12.8 Å². The fourth-order valence-electron chi connectivity index (χ4n) is 1.54. The van der Waals surface area contributed by atoms with Gasteiger partial charge in [-0.3, -0.25) is 9.59 Å². The van der Waals surface area contributed by atoms with Crippen LogP contribution in [-0.4, -0.2) is 23.9 Å². The topological polar surface area (TPSA) is 58.2 Å². The Morgan fingerprint density at radius 1 is 1.06 bits per heavy atom. The molecule has 0 heterocycles. The second-order valence-corrected chi connectivity index (χ2v) is 4.44. The SMILES string of the molecule is CCC(CC)NC(=O)C(NC(C)=O)C(C)C. The first-order valence-electron chi connectivity index (χ1n) is 5.99. The van der Waals surface area contributed by atoms with E-state index in [2.05, 4.69) is 10.6 Å². The highest BCUT2D eigenvalue weighted by atomic mass is 16.2. The predicted octanol–water partition coefficient (Wildman–Crippen LogP) is 1.45. The number of carbonyl (C=O) groups is 2. The van der Waals surface area contributed by atoms with E-state index in [-0.39, 0.29) is 23.8 Å². The molecule has 0 aromatic rings. The minimum Gasteiger partial charge on any atom is -0.352 e. The maximum absolute atomic E-state index is 11.9. The zero-order valence-electron chi connectivity index (χ0n) is 11.0. The summed E-state index contributed by atoms with van der Waals surface area (Å²) in [5, 5.41) is 5.63. The van der Waals surface area contributed by atoms with Crippen molar-refractivity contribution in [2.45, 2.75) is 59.5 Å². The molecule has 0 aliphatic carbocycles. The van der Waals surface area contributed by atoms with E-state index in [1.54, 1.807) is 0 Å². The van der Waals surface area contributed by atoms with Gasteiger partial charge in [-0.15, -0.1) is 0 Å². The minimum absolute atomic E-state index is 0.0844. The second-order valence-electron chi connectivity index (χ2n) is 4.44. The minimum atomic E-state index is -0.432. The predicted molar refractivity (Wildman–Crippen MR) is 65.0 cm³/mol. The van der Waals surface area contributed by atoms with Crippen LogP contribution in [0.5, 0.6) is 0 Å². The highest BCUT2D eigenvalue weighted by molar-refractivity contribution is 5.87. The molecular weight excluding hydrogens is 204 g/mol. The quantitative estimate of drug-likeness (QED) is 0.723. The van der Waals surface area contributed by atoms with Crippen LogP contribution in [0.1, 0.15) is 47.5 Å². The van der Waals surface area contributed by atoms with E-state index in [1.165, 1.54) is 6.92 Å². The largest absolute Gasteiger partial charge is 0.352 e. The number of hydrogen-bond acceptors (Lipinski definition) is 2. The van der Waals surface area contributed by atoms with Crippen molar-refractivity contribution in [3.63, 3.8) is 0 Å². The normalized spacial score (nSPS) is 12.7. The van der Waals surface area contributed by atoms with Crippen LogP contribution in [0.4, 0.5) is 0 Å². The molecule has 0 radical (unpaired) electrons. The molecule has 0 fully saturated rings. The third-order valence-electron chi connectivity index (χ3n) is 2.64. The molecule has 4 heteroatoms. The zero-order valence-corrected chi connectivity index (χ0v) is 11.0. The first-order valence-corrected chi connectivity index (χ1v) is 5.99. The Morgan fingerprint density at radius 3 is 1.88 bits per heavy atom. The van der Waals surface area contributed by atoms with Gasteiger partial charge in [-0.1, -0.05) is 27.7 Å². The van der Waals surface area contributed by atoms with Crippen LogP contribution in [-0.2, 0) is 9.59 Å². The molecule has 1 unspecified atom stereocenters. The Bertz CT molecular complexity index is 235. The van der Waals surface area contributed by atoms with Crippen LogP contribution in [0.2, 0.25) is 0 Å². The van der Waals surface area contributed by atoms with Gasteiger partial charge in [0.1, 0.15) is 6.04 Å². The van der Waals surface area contributed by atoms with Crippen molar-refractivity contribution in [3.05, 3.63) is 0 Å². The van der Waals surface area contributed by atoms with Crippen LogP contribution in [0.15, 0.2) is 0 Å². The molecule has 16 heavy (non-hydrogen) atoms. The van der Waals surface area contributed by atoms with E-state index in [0.29, 0.717) is 0 Å². The number of nitrogens with one attached hydrogen (secondary N) is 2. The highest BCUT2D eigenvalue weighted by Gasteiger charge is 2.24. The number of carbonyl (C=O) groups excluding carboxylic acids is 2. The van der Waals surface area contributed by atoms with Gasteiger partial charge in [0, 0.05) is 13.0 Å². The van der Waals surface area contributed by atoms with Gasteiger partial charge >= 0.3 is 0 Å². The average Bonchev–Trinajstić information content (AvgIpc) is 2.21. The Balaban J connectivity index is 4.43. The van der Waals surface area contributed by atoms with E-state index in [4.69, 9.17) is 0 Å². The third kappa shape index (κ3) is 5.14. The van der Waals surface area contributed by atoms with Crippen molar-refractivity contribution >= 4 is 11.8 Å². The monoisotopic (exact) mass is 228 g/mol. The summed E-state index contributed by atoms with van der Waals surface area (Å²) >= 11 is 0. The van der Waals surface area contributed by atoms with E-state index < -0.39 is 6.04 Å². The lowest BCUT2D eigenvalue weighted by molar-refractivity contribution is -0.129. The Morgan fingerprint density at radius 2 is 1.56 bits per heavy atom. The van der Waals surface area contributed by atoms with Crippen LogP contribution in [0.25, 0.3) is 0 Å². The van der Waals surface area contributed by atoms with Crippen molar-refractivity contribution in [2.24, 2.45) is 5.92 Å². The summed E-state index contributed by atoms with van der Waals surface area (Å²) < 4.78 is 0. The summed E-state index contributed by atoms with van der Waals surface area (Å²) in [4.78, 5) is 22.9. The lowest BCUT2D eigenvalue weighted by Gasteiger charge is -2.24. The van der Waals surface area contributed by atoms with Crippen LogP contribution in [0, 0.1) is 5.92 Å². The Kier molecular flexibility index (Phi) is 6.77. The van der Waals surface area contributed by atoms with Crippen molar-refractivity contribution in [1.29, 1.82) is 0 Å². The molecule has 2 N–H and O–H groups in total. The van der Waals surface area contributed by atoms with Gasteiger partial charge in [0.05, 0.1) is 0 Å². The summed E-state index contributed by atoms with van der Waals surface area (Å²) in [7, 11) is 0. The Labute approximate surface area is 98.2 Å². The molecule has 0 aromatic heterocycles. The second kappa shape index (κ2) is 7.25. The highest BCUT2D eigenvalue weighted by Crippen LogP contribution is 2.04. The molecular formula is C12H24N2O2. The summed E-state index contributed by atoms with van der Waals surface area (Å²) in [5.41, 5.74) is 0. The van der Waals surface area contributed by atoms with Gasteiger partial charge in [0.15, 0.2) is 0 Å². The molecule has 0 aliphatic rings. The van der Waals surface area contributed by atoms with Crippen LogP contribution in [0.3, 0.4) is 0 Å². The lowest BCUT2D eigenvalue weighted by Crippen LogP contribution is -2.51. The van der Waals surface area contributed by atoms with Gasteiger partial charge in [0.2, 0.25) is 11.8 Å². The molecule has 2 amide bonds. The van der Waals surface area contributed by atoms with Gasteiger partial charge in [0.25, 0.3) is 0 Å². The van der Waals surface area contributed by atoms with Gasteiger partial charge in [-0.2, -0.15) is 0 Å². The fraction of sp³-hybridized carbons (Fsp3) is 0.833. The zero-order chi connectivity index (χ0) is 12.7. The number of rotatable bonds is 6. The third-order valence-corrected chi connectivity index (χ3v) is 2.64. The van der Waals surface area contributed by atoms with Gasteiger partial charge < -0.3 is 10.6 Å². The molecule has 0 aromatic carbocycles. The number of amides is 2. The molecule has 0 spiro atoms. The van der Waals surface area contributed by atoms with E-state index in [9.17, 15) is 9.59 Å². The van der Waals surface area contributed by atoms with E-state index >= 15 is 0 Å². The summed E-state index contributed by atoms with van der Waals surface area (Å²) in [5.74, 6) is -0.157. The smallest absolute Gasteiger partial charge is 0.243 e. The molecule has 0 bridgehead atoms. The van der Waals surface area contributed by atoms with Gasteiger partial charge in [-0.25, -0.2) is 0 Å². The molecule has 4 nitrogen and oxygen atoms in total. The fourth-order valence-corrected chi connectivity index (χ4v) is 1.54. The summed E-state index contributed by atoms with van der Waals surface area (Å²) in [6.07, 6.45) is 1.82. The van der Waals surface area contributed by atoms with Crippen molar-refractivity contribution in [3.8, 4) is 0 Å². The maximum atomic E-state index is 11.9. The summed E-state index contributed by atoms with van der Waals surface area (Å²) in [6.45, 7) is 9.36.